The Bertz CT molecular complexity index is 263. The van der Waals surface area contributed by atoms with Gasteiger partial charge in [-0.3, -0.25) is 5.01 Å². The topological polar surface area (TPSA) is 70.9 Å². The maximum Gasteiger partial charge on any atom is 0.205 e. The molecule has 0 amide bonds. The second-order valence-corrected chi connectivity index (χ2v) is 5.60. The van der Waals surface area contributed by atoms with Crippen LogP contribution in [0.15, 0.2) is 4.99 Å². The van der Waals surface area contributed by atoms with E-state index in [9.17, 15) is 0 Å². The zero-order valence-electron chi connectivity index (χ0n) is 12.8. The SMILES string of the molecule is CCCN(CCC)C1CCC(N=C(N)N(C)N)CC1. The van der Waals surface area contributed by atoms with Crippen LogP contribution in [0, 0.1) is 0 Å². The maximum atomic E-state index is 5.78. The van der Waals surface area contributed by atoms with Crippen molar-refractivity contribution in [3.05, 3.63) is 0 Å². The van der Waals surface area contributed by atoms with Gasteiger partial charge in [-0.05, 0) is 51.6 Å². The van der Waals surface area contributed by atoms with E-state index in [1.807, 2.05) is 0 Å². The van der Waals surface area contributed by atoms with Crippen LogP contribution in [0.3, 0.4) is 0 Å². The van der Waals surface area contributed by atoms with Gasteiger partial charge in [0.15, 0.2) is 0 Å². The van der Waals surface area contributed by atoms with Gasteiger partial charge in [0.2, 0.25) is 5.96 Å². The summed E-state index contributed by atoms with van der Waals surface area (Å²) in [4.78, 5) is 7.15. The summed E-state index contributed by atoms with van der Waals surface area (Å²) < 4.78 is 0. The van der Waals surface area contributed by atoms with E-state index in [0.717, 1.165) is 18.9 Å². The summed E-state index contributed by atoms with van der Waals surface area (Å²) in [5.41, 5.74) is 5.78. The molecule has 0 unspecified atom stereocenters. The van der Waals surface area contributed by atoms with Gasteiger partial charge in [0, 0.05) is 13.1 Å². The molecule has 0 aliphatic heterocycles. The lowest BCUT2D eigenvalue weighted by Crippen LogP contribution is -2.42. The lowest BCUT2D eigenvalue weighted by molar-refractivity contribution is 0.150. The van der Waals surface area contributed by atoms with E-state index in [1.54, 1.807) is 7.05 Å². The lowest BCUT2D eigenvalue weighted by atomic mass is 9.90. The summed E-state index contributed by atoms with van der Waals surface area (Å²) in [6.07, 6.45) is 7.20. The average Bonchev–Trinajstić information content (AvgIpc) is 2.39. The number of hydrogen-bond donors (Lipinski definition) is 2. The van der Waals surface area contributed by atoms with Crippen molar-refractivity contribution in [1.82, 2.24) is 9.91 Å². The average molecular weight is 269 g/mol. The molecule has 0 aromatic heterocycles. The van der Waals surface area contributed by atoms with E-state index in [0.29, 0.717) is 12.0 Å². The highest BCUT2D eigenvalue weighted by Crippen LogP contribution is 2.25. The first-order chi connectivity index (χ1) is 9.08. The van der Waals surface area contributed by atoms with Crippen molar-refractivity contribution < 1.29 is 0 Å². The first-order valence-electron chi connectivity index (χ1n) is 7.64. The number of hydrazine groups is 1. The Morgan fingerprint density at radius 3 is 2.05 bits per heavy atom. The molecule has 1 aliphatic carbocycles. The molecule has 0 bridgehead atoms. The molecular formula is C14H31N5. The number of rotatable bonds is 6. The predicted octanol–water partition coefficient (Wildman–Crippen LogP) is 1.54. The van der Waals surface area contributed by atoms with Crippen molar-refractivity contribution in [1.29, 1.82) is 0 Å². The van der Waals surface area contributed by atoms with E-state index in [1.165, 1.54) is 43.8 Å². The van der Waals surface area contributed by atoms with Crippen molar-refractivity contribution in [3.63, 3.8) is 0 Å². The summed E-state index contributed by atoms with van der Waals surface area (Å²) in [5.74, 6) is 6.02. The quantitative estimate of drug-likeness (QED) is 0.332. The molecule has 1 rings (SSSR count). The smallest absolute Gasteiger partial charge is 0.205 e. The highest BCUT2D eigenvalue weighted by molar-refractivity contribution is 5.77. The molecule has 112 valence electrons. The summed E-state index contributed by atoms with van der Waals surface area (Å²) >= 11 is 0. The van der Waals surface area contributed by atoms with E-state index >= 15 is 0 Å². The molecule has 1 aliphatic rings. The van der Waals surface area contributed by atoms with Crippen molar-refractivity contribution in [2.24, 2.45) is 16.6 Å². The van der Waals surface area contributed by atoms with Crippen molar-refractivity contribution >= 4 is 5.96 Å². The Morgan fingerprint density at radius 1 is 1.11 bits per heavy atom. The highest BCUT2D eigenvalue weighted by Gasteiger charge is 2.25. The van der Waals surface area contributed by atoms with Crippen LogP contribution in [-0.2, 0) is 0 Å². The largest absolute Gasteiger partial charge is 0.369 e. The van der Waals surface area contributed by atoms with Crippen LogP contribution < -0.4 is 11.6 Å². The standard InChI is InChI=1S/C14H31N5/c1-4-10-19(11-5-2)13-8-6-12(7-9-13)17-14(15)18(3)16/h12-13H,4-11,16H2,1-3H3,(H2,15,17). The Balaban J connectivity index is 2.45. The molecule has 19 heavy (non-hydrogen) atoms. The number of nitrogens with zero attached hydrogens (tertiary/aromatic N) is 3. The highest BCUT2D eigenvalue weighted by atomic mass is 15.4. The molecule has 0 spiro atoms. The van der Waals surface area contributed by atoms with Gasteiger partial charge in [0.1, 0.15) is 0 Å². The van der Waals surface area contributed by atoms with Crippen LogP contribution in [0.1, 0.15) is 52.4 Å². The summed E-state index contributed by atoms with van der Waals surface area (Å²) in [7, 11) is 1.73. The molecule has 0 aromatic rings. The van der Waals surface area contributed by atoms with Crippen LogP contribution >= 0.6 is 0 Å². The zero-order chi connectivity index (χ0) is 14.3. The monoisotopic (exact) mass is 269 g/mol. The van der Waals surface area contributed by atoms with Crippen LogP contribution in [0.2, 0.25) is 0 Å². The molecule has 4 N–H and O–H groups in total. The second-order valence-electron chi connectivity index (χ2n) is 5.60. The molecular weight excluding hydrogens is 238 g/mol. The number of aliphatic imine (C=N–C) groups is 1. The van der Waals surface area contributed by atoms with Gasteiger partial charge in [-0.25, -0.2) is 10.8 Å². The van der Waals surface area contributed by atoms with E-state index in [-0.39, 0.29) is 0 Å². The van der Waals surface area contributed by atoms with Crippen LogP contribution in [0.25, 0.3) is 0 Å². The number of nitrogens with two attached hydrogens (primary N) is 2. The third-order valence-corrected chi connectivity index (χ3v) is 3.88. The normalized spacial score (nSPS) is 24.8. The first kappa shape index (κ1) is 16.2. The minimum Gasteiger partial charge on any atom is -0.369 e. The third kappa shape index (κ3) is 5.37. The van der Waals surface area contributed by atoms with Gasteiger partial charge in [-0.15, -0.1) is 0 Å². The van der Waals surface area contributed by atoms with Crippen LogP contribution in [0.5, 0.6) is 0 Å². The first-order valence-corrected chi connectivity index (χ1v) is 7.64. The minimum absolute atomic E-state index is 0.354. The van der Waals surface area contributed by atoms with Crippen LogP contribution in [-0.4, -0.2) is 48.1 Å². The van der Waals surface area contributed by atoms with E-state index in [4.69, 9.17) is 11.6 Å². The molecule has 1 fully saturated rings. The van der Waals surface area contributed by atoms with Gasteiger partial charge in [0.05, 0.1) is 6.04 Å². The molecule has 0 radical (unpaired) electrons. The fourth-order valence-electron chi connectivity index (χ4n) is 2.88. The van der Waals surface area contributed by atoms with E-state index < -0.39 is 0 Å². The fourth-order valence-corrected chi connectivity index (χ4v) is 2.88. The third-order valence-electron chi connectivity index (χ3n) is 3.88. The molecule has 0 atom stereocenters. The molecule has 5 nitrogen and oxygen atoms in total. The second kappa shape index (κ2) is 8.38. The Labute approximate surface area is 118 Å². The minimum atomic E-state index is 0.354. The van der Waals surface area contributed by atoms with Gasteiger partial charge in [0.25, 0.3) is 0 Å². The van der Waals surface area contributed by atoms with E-state index in [2.05, 4.69) is 23.7 Å². The molecule has 5 heteroatoms. The lowest BCUT2D eigenvalue weighted by Gasteiger charge is -2.36. The summed E-state index contributed by atoms with van der Waals surface area (Å²) in [6, 6.07) is 1.09. The Hall–Kier alpha value is -0.810. The van der Waals surface area contributed by atoms with Crippen molar-refractivity contribution in [3.8, 4) is 0 Å². The van der Waals surface area contributed by atoms with Crippen LogP contribution in [0.4, 0.5) is 0 Å². The Morgan fingerprint density at radius 2 is 1.63 bits per heavy atom. The van der Waals surface area contributed by atoms with Gasteiger partial charge >= 0.3 is 0 Å². The molecule has 0 heterocycles. The zero-order valence-corrected chi connectivity index (χ0v) is 12.8. The molecule has 0 aromatic carbocycles. The van der Waals surface area contributed by atoms with Gasteiger partial charge in [-0.1, -0.05) is 13.8 Å². The van der Waals surface area contributed by atoms with Crippen molar-refractivity contribution in [2.45, 2.75) is 64.5 Å². The summed E-state index contributed by atoms with van der Waals surface area (Å²) in [6.45, 7) is 6.97. The van der Waals surface area contributed by atoms with Gasteiger partial charge < -0.3 is 10.6 Å². The Kier molecular flexibility index (Phi) is 7.16. The predicted molar refractivity (Wildman–Crippen MR) is 81.8 cm³/mol. The molecule has 1 saturated carbocycles. The van der Waals surface area contributed by atoms with Crippen molar-refractivity contribution in [2.75, 3.05) is 20.1 Å². The number of guanidine groups is 1. The van der Waals surface area contributed by atoms with Gasteiger partial charge in [-0.2, -0.15) is 0 Å². The fraction of sp³-hybridized carbons (Fsp3) is 0.929. The molecule has 0 saturated heterocycles. The number of hydrogen-bond acceptors (Lipinski definition) is 3. The maximum absolute atomic E-state index is 5.78. The summed E-state index contributed by atoms with van der Waals surface area (Å²) in [5, 5.41) is 1.40.